The number of nitrogens with zero attached hydrogens (tertiary/aromatic N) is 2. The van der Waals surface area contributed by atoms with Crippen molar-refractivity contribution in [3.8, 4) is 0 Å². The van der Waals surface area contributed by atoms with Crippen LogP contribution in [0, 0.1) is 24.0 Å². The van der Waals surface area contributed by atoms with Crippen molar-refractivity contribution in [2.24, 2.45) is 0 Å². The monoisotopic (exact) mass is 489 g/mol. The summed E-state index contributed by atoms with van der Waals surface area (Å²) in [4.78, 5) is 10.5. The van der Waals surface area contributed by atoms with Crippen molar-refractivity contribution >= 4 is 37.1 Å². The van der Waals surface area contributed by atoms with E-state index in [1.54, 1.807) is 50.2 Å². The molecule has 0 saturated heterocycles. The van der Waals surface area contributed by atoms with Gasteiger partial charge in [-0.25, -0.2) is 16.8 Å². The number of benzene rings is 3. The lowest BCUT2D eigenvalue weighted by atomic mass is 10.1. The lowest BCUT2D eigenvalue weighted by Crippen LogP contribution is -2.30. The zero-order valence-electron chi connectivity index (χ0n) is 18.2. The van der Waals surface area contributed by atoms with Gasteiger partial charge in [0.05, 0.1) is 20.4 Å². The normalized spacial score (nSPS) is 11.7. The largest absolute Gasteiger partial charge is 0.294 e. The maximum Gasteiger partial charge on any atom is 0.294 e. The van der Waals surface area contributed by atoms with E-state index in [1.807, 2.05) is 6.92 Å². The number of anilines is 2. The Morgan fingerprint density at radius 3 is 2.09 bits per heavy atom. The van der Waals surface area contributed by atoms with Gasteiger partial charge in [0.15, 0.2) is 0 Å². The molecule has 0 atom stereocenters. The van der Waals surface area contributed by atoms with Gasteiger partial charge < -0.3 is 0 Å². The van der Waals surface area contributed by atoms with Gasteiger partial charge in [-0.15, -0.1) is 0 Å². The molecule has 33 heavy (non-hydrogen) atoms. The number of aryl methyl sites for hydroxylation is 2. The summed E-state index contributed by atoms with van der Waals surface area (Å²) in [6.45, 7) is 5.33. The molecule has 11 heteroatoms. The Morgan fingerprint density at radius 1 is 0.879 bits per heavy atom. The third-order valence-corrected chi connectivity index (χ3v) is 8.38. The van der Waals surface area contributed by atoms with Gasteiger partial charge in [-0.1, -0.05) is 24.3 Å². The lowest BCUT2D eigenvalue weighted by Gasteiger charge is -2.23. The van der Waals surface area contributed by atoms with Gasteiger partial charge in [0.1, 0.15) is 5.69 Å². The van der Waals surface area contributed by atoms with Crippen LogP contribution < -0.4 is 9.03 Å². The van der Waals surface area contributed by atoms with Crippen LogP contribution in [0.15, 0.2) is 76.5 Å². The van der Waals surface area contributed by atoms with Crippen molar-refractivity contribution in [3.63, 3.8) is 0 Å². The Kier molecular flexibility index (Phi) is 6.75. The van der Waals surface area contributed by atoms with E-state index >= 15 is 0 Å². The van der Waals surface area contributed by atoms with Crippen LogP contribution in [-0.2, 0) is 20.0 Å². The van der Waals surface area contributed by atoms with Crippen molar-refractivity contribution in [2.45, 2.75) is 30.6 Å². The summed E-state index contributed by atoms with van der Waals surface area (Å²) in [5.41, 5.74) is 1.04. The highest BCUT2D eigenvalue weighted by Gasteiger charge is 2.28. The van der Waals surface area contributed by atoms with E-state index in [1.165, 1.54) is 12.1 Å². The van der Waals surface area contributed by atoms with Crippen LogP contribution in [0.25, 0.3) is 0 Å². The quantitative estimate of drug-likeness (QED) is 0.373. The molecule has 3 aromatic rings. The molecular formula is C22H23N3O6S2. The van der Waals surface area contributed by atoms with Crippen molar-refractivity contribution in [1.82, 2.24) is 0 Å². The van der Waals surface area contributed by atoms with Gasteiger partial charge >= 0.3 is 0 Å². The summed E-state index contributed by atoms with van der Waals surface area (Å²) in [5, 5.41) is 11.7. The Labute approximate surface area is 192 Å². The minimum atomic E-state index is -4.14. The van der Waals surface area contributed by atoms with E-state index in [0.29, 0.717) is 5.69 Å². The highest BCUT2D eigenvalue weighted by Crippen LogP contribution is 2.32. The summed E-state index contributed by atoms with van der Waals surface area (Å²) >= 11 is 0. The minimum Gasteiger partial charge on any atom is -0.273 e. The van der Waals surface area contributed by atoms with E-state index in [4.69, 9.17) is 0 Å². The van der Waals surface area contributed by atoms with E-state index < -0.39 is 30.7 Å². The smallest absolute Gasteiger partial charge is 0.273 e. The van der Waals surface area contributed by atoms with Crippen molar-refractivity contribution in [3.05, 3.63) is 88.0 Å². The van der Waals surface area contributed by atoms with Crippen LogP contribution in [0.1, 0.15) is 18.1 Å². The molecule has 3 aromatic carbocycles. The first-order chi connectivity index (χ1) is 15.5. The standard InChI is InChI=1S/C22H23N3O6S2/c1-4-24(18-8-6-5-7-9-18)33(30,31)20-12-13-21(22(15-20)25(26)27)23-32(28,29)19-11-10-16(2)17(3)14-19/h5-15,23H,4H2,1-3H3. The van der Waals surface area contributed by atoms with Crippen molar-refractivity contribution < 1.29 is 21.8 Å². The Hall–Kier alpha value is -3.44. The number of nitro benzene ring substituents is 1. The van der Waals surface area contributed by atoms with E-state index in [0.717, 1.165) is 33.6 Å². The van der Waals surface area contributed by atoms with E-state index in [2.05, 4.69) is 4.72 Å². The Bertz CT molecular complexity index is 1410. The van der Waals surface area contributed by atoms with Gasteiger partial charge in [-0.2, -0.15) is 0 Å². The summed E-state index contributed by atoms with van der Waals surface area (Å²) in [6.07, 6.45) is 0. The third-order valence-electron chi connectivity index (χ3n) is 5.12. The molecule has 0 aromatic heterocycles. The molecule has 0 aliphatic rings. The zero-order chi connectivity index (χ0) is 24.4. The number of hydrogen-bond donors (Lipinski definition) is 1. The van der Waals surface area contributed by atoms with Gasteiger partial charge in [-0.3, -0.25) is 19.1 Å². The maximum atomic E-state index is 13.2. The molecule has 0 fully saturated rings. The minimum absolute atomic E-state index is 0.0576. The summed E-state index contributed by atoms with van der Waals surface area (Å²) in [7, 11) is -8.27. The highest BCUT2D eigenvalue weighted by atomic mass is 32.2. The molecule has 0 bridgehead atoms. The van der Waals surface area contributed by atoms with Gasteiger partial charge in [0.2, 0.25) is 0 Å². The van der Waals surface area contributed by atoms with Gasteiger partial charge in [0.25, 0.3) is 25.7 Å². The summed E-state index contributed by atoms with van der Waals surface area (Å²) < 4.78 is 55.3. The first-order valence-electron chi connectivity index (χ1n) is 9.93. The number of hydrogen-bond acceptors (Lipinski definition) is 6. The Balaban J connectivity index is 2.03. The highest BCUT2D eigenvalue weighted by molar-refractivity contribution is 7.93. The predicted octanol–water partition coefficient (Wildman–Crippen LogP) is 4.23. The number of sulfonamides is 2. The second-order valence-electron chi connectivity index (χ2n) is 7.29. The van der Waals surface area contributed by atoms with Crippen molar-refractivity contribution in [1.29, 1.82) is 0 Å². The molecule has 0 unspecified atom stereocenters. The lowest BCUT2D eigenvalue weighted by molar-refractivity contribution is -0.384. The molecule has 1 N–H and O–H groups in total. The summed E-state index contributed by atoms with van der Waals surface area (Å²) in [5.74, 6) is 0. The molecule has 0 aliphatic carbocycles. The van der Waals surface area contributed by atoms with Crippen molar-refractivity contribution in [2.75, 3.05) is 15.6 Å². The molecule has 9 nitrogen and oxygen atoms in total. The number of rotatable bonds is 8. The first-order valence-corrected chi connectivity index (χ1v) is 12.9. The van der Waals surface area contributed by atoms with E-state index in [-0.39, 0.29) is 22.0 Å². The number of para-hydroxylation sites is 1. The topological polar surface area (TPSA) is 127 Å². The maximum absolute atomic E-state index is 13.2. The fourth-order valence-electron chi connectivity index (χ4n) is 3.21. The fraction of sp³-hybridized carbons (Fsp3) is 0.182. The molecule has 0 aliphatic heterocycles. The second kappa shape index (κ2) is 9.20. The second-order valence-corrected chi connectivity index (χ2v) is 10.8. The SMILES string of the molecule is CCN(c1ccccc1)S(=O)(=O)c1ccc(NS(=O)(=O)c2ccc(C)c(C)c2)c([N+](=O)[O-])c1. The molecule has 174 valence electrons. The molecule has 0 amide bonds. The first kappa shape index (κ1) is 24.2. The molecule has 0 heterocycles. The third kappa shape index (κ3) is 4.99. The zero-order valence-corrected chi connectivity index (χ0v) is 19.9. The van der Waals surface area contributed by atoms with Gasteiger partial charge in [0, 0.05) is 12.6 Å². The van der Waals surface area contributed by atoms with Crippen LogP contribution in [-0.4, -0.2) is 28.3 Å². The fourth-order valence-corrected chi connectivity index (χ4v) is 5.86. The molecular weight excluding hydrogens is 466 g/mol. The molecule has 0 saturated carbocycles. The van der Waals surface area contributed by atoms with Crippen LogP contribution in [0.2, 0.25) is 0 Å². The van der Waals surface area contributed by atoms with E-state index in [9.17, 15) is 26.9 Å². The van der Waals surface area contributed by atoms with Crippen LogP contribution in [0.4, 0.5) is 17.1 Å². The molecule has 0 radical (unpaired) electrons. The van der Waals surface area contributed by atoms with Crippen LogP contribution in [0.5, 0.6) is 0 Å². The van der Waals surface area contributed by atoms with Crippen LogP contribution >= 0.6 is 0 Å². The summed E-state index contributed by atoms with van der Waals surface area (Å²) in [6, 6.07) is 15.9. The molecule has 3 rings (SSSR count). The Morgan fingerprint density at radius 2 is 1.52 bits per heavy atom. The van der Waals surface area contributed by atoms with Crippen LogP contribution in [0.3, 0.4) is 0 Å². The number of nitro groups is 1. The average Bonchev–Trinajstić information content (AvgIpc) is 2.76. The molecule has 0 spiro atoms. The number of nitrogens with one attached hydrogen (secondary N) is 1. The average molecular weight is 490 g/mol. The predicted molar refractivity (Wildman–Crippen MR) is 126 cm³/mol. The van der Waals surface area contributed by atoms with Gasteiger partial charge in [-0.05, 0) is 68.3 Å².